The zero-order valence-electron chi connectivity index (χ0n) is 12.5. The van der Waals surface area contributed by atoms with E-state index in [2.05, 4.69) is 10.6 Å². The summed E-state index contributed by atoms with van der Waals surface area (Å²) in [7, 11) is 0. The van der Waals surface area contributed by atoms with Crippen molar-refractivity contribution in [3.05, 3.63) is 0 Å². The molecule has 0 bridgehead atoms. The molecule has 5 N–H and O–H groups in total. The summed E-state index contributed by atoms with van der Waals surface area (Å²) < 4.78 is 5.13. The molecule has 2 amide bonds. The molecule has 0 aromatic carbocycles. The summed E-state index contributed by atoms with van der Waals surface area (Å²) in [6.45, 7) is 5.05. The van der Waals surface area contributed by atoms with Crippen LogP contribution in [0.4, 0.5) is 0 Å². The molecule has 1 fully saturated rings. The molecular formula is C13H23N3O5. The average Bonchev–Trinajstić information content (AvgIpc) is 2.77. The van der Waals surface area contributed by atoms with Gasteiger partial charge in [-0.05, 0) is 12.8 Å². The van der Waals surface area contributed by atoms with Crippen LogP contribution in [0.1, 0.15) is 20.8 Å². The van der Waals surface area contributed by atoms with Gasteiger partial charge in [-0.25, -0.2) is 0 Å². The van der Waals surface area contributed by atoms with Crippen LogP contribution in [0.2, 0.25) is 0 Å². The molecule has 1 aliphatic rings. The van der Waals surface area contributed by atoms with Crippen molar-refractivity contribution in [3.63, 3.8) is 0 Å². The van der Waals surface area contributed by atoms with Gasteiger partial charge in [-0.1, -0.05) is 13.8 Å². The van der Waals surface area contributed by atoms with Crippen LogP contribution in [0, 0.1) is 11.3 Å². The summed E-state index contributed by atoms with van der Waals surface area (Å²) in [5.41, 5.74) is 4.49. The van der Waals surface area contributed by atoms with Crippen LogP contribution < -0.4 is 16.4 Å². The molecule has 21 heavy (non-hydrogen) atoms. The highest BCUT2D eigenvalue weighted by molar-refractivity contribution is 5.88. The number of carboxylic acid groups (broad SMARTS) is 1. The smallest absolute Gasteiger partial charge is 0.313 e. The third-order valence-corrected chi connectivity index (χ3v) is 3.72. The van der Waals surface area contributed by atoms with Gasteiger partial charge in [0.1, 0.15) is 5.41 Å². The predicted octanol–water partition coefficient (Wildman–Crippen LogP) is -1.31. The van der Waals surface area contributed by atoms with Gasteiger partial charge in [0, 0.05) is 0 Å². The number of carbonyl (C=O) groups is 3. The Morgan fingerprint density at radius 1 is 1.43 bits per heavy atom. The Balaban J connectivity index is 2.48. The van der Waals surface area contributed by atoms with Crippen molar-refractivity contribution in [1.29, 1.82) is 0 Å². The SMILES string of the molecule is CC(C)[C@H](N)C(=O)NCC(=O)NC1COCC1(C)C(=O)O. The predicted molar refractivity (Wildman–Crippen MR) is 74.3 cm³/mol. The maximum Gasteiger partial charge on any atom is 0.313 e. The van der Waals surface area contributed by atoms with Crippen LogP contribution in [0.15, 0.2) is 0 Å². The number of amides is 2. The summed E-state index contributed by atoms with van der Waals surface area (Å²) in [6, 6.07) is -1.31. The zero-order chi connectivity index (χ0) is 16.2. The number of ether oxygens (including phenoxy) is 1. The number of nitrogens with two attached hydrogens (primary N) is 1. The van der Waals surface area contributed by atoms with E-state index >= 15 is 0 Å². The second kappa shape index (κ2) is 6.86. The Labute approximate surface area is 123 Å². The molecule has 1 aliphatic heterocycles. The second-order valence-corrected chi connectivity index (χ2v) is 5.85. The highest BCUT2D eigenvalue weighted by Gasteiger charge is 2.47. The molecule has 0 aliphatic carbocycles. The van der Waals surface area contributed by atoms with Gasteiger partial charge in [0.25, 0.3) is 0 Å². The molecule has 2 unspecified atom stereocenters. The molecule has 1 rings (SSSR count). The van der Waals surface area contributed by atoms with Crippen molar-refractivity contribution >= 4 is 17.8 Å². The molecule has 8 heteroatoms. The molecule has 8 nitrogen and oxygen atoms in total. The standard InChI is InChI=1S/C13H23N3O5/c1-7(2)10(14)11(18)15-4-9(17)16-8-5-21-6-13(8,3)12(19)20/h7-8,10H,4-6,14H2,1-3H3,(H,15,18)(H,16,17)(H,19,20)/t8?,10-,13?/m0/s1. The van der Waals surface area contributed by atoms with E-state index in [-0.39, 0.29) is 25.7 Å². The molecule has 0 radical (unpaired) electrons. The van der Waals surface area contributed by atoms with E-state index in [4.69, 9.17) is 10.5 Å². The van der Waals surface area contributed by atoms with E-state index in [1.807, 2.05) is 0 Å². The molecule has 0 aromatic rings. The fourth-order valence-corrected chi connectivity index (χ4v) is 1.92. The topological polar surface area (TPSA) is 131 Å². The van der Waals surface area contributed by atoms with Crippen molar-refractivity contribution in [2.45, 2.75) is 32.9 Å². The summed E-state index contributed by atoms with van der Waals surface area (Å²) in [4.78, 5) is 34.6. The van der Waals surface area contributed by atoms with E-state index in [0.29, 0.717) is 0 Å². The van der Waals surface area contributed by atoms with Gasteiger partial charge in [0.05, 0.1) is 31.8 Å². The largest absolute Gasteiger partial charge is 0.481 e. The van der Waals surface area contributed by atoms with Crippen molar-refractivity contribution in [2.75, 3.05) is 19.8 Å². The van der Waals surface area contributed by atoms with Crippen molar-refractivity contribution in [1.82, 2.24) is 10.6 Å². The van der Waals surface area contributed by atoms with Crippen molar-refractivity contribution in [2.24, 2.45) is 17.1 Å². The highest BCUT2D eigenvalue weighted by atomic mass is 16.5. The minimum absolute atomic E-state index is 0.0356. The Morgan fingerprint density at radius 3 is 2.57 bits per heavy atom. The summed E-state index contributed by atoms with van der Waals surface area (Å²) in [5, 5.41) is 14.2. The lowest BCUT2D eigenvalue weighted by Crippen LogP contribution is -2.53. The first-order valence-corrected chi connectivity index (χ1v) is 6.82. The lowest BCUT2D eigenvalue weighted by atomic mass is 9.85. The third kappa shape index (κ3) is 4.15. The molecule has 0 aromatic heterocycles. The molecule has 120 valence electrons. The number of aliphatic carboxylic acids is 1. The number of rotatable bonds is 6. The fraction of sp³-hybridized carbons (Fsp3) is 0.769. The van der Waals surface area contributed by atoms with Crippen LogP contribution >= 0.6 is 0 Å². The molecule has 0 spiro atoms. The van der Waals surface area contributed by atoms with Crippen LogP contribution in [0.5, 0.6) is 0 Å². The van der Waals surface area contributed by atoms with Crippen LogP contribution in [0.25, 0.3) is 0 Å². The Hall–Kier alpha value is -1.67. The first-order chi connectivity index (χ1) is 9.68. The second-order valence-electron chi connectivity index (χ2n) is 5.85. The minimum Gasteiger partial charge on any atom is -0.481 e. The Morgan fingerprint density at radius 2 is 2.05 bits per heavy atom. The van der Waals surface area contributed by atoms with Crippen molar-refractivity contribution in [3.8, 4) is 0 Å². The van der Waals surface area contributed by atoms with E-state index in [0.717, 1.165) is 0 Å². The van der Waals surface area contributed by atoms with Crippen molar-refractivity contribution < 1.29 is 24.2 Å². The molecule has 1 saturated heterocycles. The van der Waals surface area contributed by atoms with Gasteiger partial charge >= 0.3 is 5.97 Å². The van der Waals surface area contributed by atoms with Gasteiger partial charge in [-0.3, -0.25) is 14.4 Å². The number of hydrogen-bond donors (Lipinski definition) is 4. The summed E-state index contributed by atoms with van der Waals surface area (Å²) in [6.07, 6.45) is 0. The first kappa shape index (κ1) is 17.4. The summed E-state index contributed by atoms with van der Waals surface area (Å²) in [5.74, 6) is -1.95. The van der Waals surface area contributed by atoms with E-state index in [1.165, 1.54) is 6.92 Å². The lowest BCUT2D eigenvalue weighted by Gasteiger charge is -2.25. The normalized spacial score (nSPS) is 26.4. The molecule has 0 saturated carbocycles. The zero-order valence-corrected chi connectivity index (χ0v) is 12.5. The van der Waals surface area contributed by atoms with Gasteiger partial charge < -0.3 is 26.2 Å². The number of nitrogens with one attached hydrogen (secondary N) is 2. The van der Waals surface area contributed by atoms with Crippen LogP contribution in [-0.4, -0.2) is 54.7 Å². The molecule has 1 heterocycles. The fourth-order valence-electron chi connectivity index (χ4n) is 1.92. The minimum atomic E-state index is -1.16. The third-order valence-electron chi connectivity index (χ3n) is 3.72. The quantitative estimate of drug-likeness (QED) is 0.482. The number of carbonyl (C=O) groups excluding carboxylic acids is 2. The van der Waals surface area contributed by atoms with Crippen LogP contribution in [-0.2, 0) is 19.1 Å². The monoisotopic (exact) mass is 301 g/mol. The van der Waals surface area contributed by atoms with Gasteiger partial charge in [0.2, 0.25) is 11.8 Å². The van der Waals surface area contributed by atoms with Gasteiger partial charge in [-0.15, -0.1) is 0 Å². The number of carboxylic acids is 1. The summed E-state index contributed by atoms with van der Waals surface area (Å²) >= 11 is 0. The molecule has 3 atom stereocenters. The number of hydrogen-bond acceptors (Lipinski definition) is 5. The first-order valence-electron chi connectivity index (χ1n) is 6.82. The average molecular weight is 301 g/mol. The maximum atomic E-state index is 11.8. The maximum absolute atomic E-state index is 11.8. The van der Waals surface area contributed by atoms with E-state index < -0.39 is 35.3 Å². The Kier molecular flexibility index (Phi) is 5.68. The van der Waals surface area contributed by atoms with E-state index in [1.54, 1.807) is 13.8 Å². The van der Waals surface area contributed by atoms with E-state index in [9.17, 15) is 19.5 Å². The van der Waals surface area contributed by atoms with Gasteiger partial charge in [0.15, 0.2) is 0 Å². The Bertz CT molecular complexity index is 426. The highest BCUT2D eigenvalue weighted by Crippen LogP contribution is 2.28. The lowest BCUT2D eigenvalue weighted by molar-refractivity contribution is -0.149. The van der Waals surface area contributed by atoms with Crippen LogP contribution in [0.3, 0.4) is 0 Å². The molecular weight excluding hydrogens is 278 g/mol. The van der Waals surface area contributed by atoms with Gasteiger partial charge in [-0.2, -0.15) is 0 Å².